The number of H-pyrrole nitrogens is 1. The number of nitrogens with two attached hydrogens (primary N) is 1. The lowest BCUT2D eigenvalue weighted by Gasteiger charge is -2.13. The number of benzene rings is 1. The number of nitrogens with zero attached hydrogens (tertiary/aromatic N) is 2. The summed E-state index contributed by atoms with van der Waals surface area (Å²) >= 11 is 0. The van der Waals surface area contributed by atoms with Crippen LogP contribution in [0.4, 0.5) is 11.4 Å². The highest BCUT2D eigenvalue weighted by atomic mass is 16.2. The minimum Gasteiger partial charge on any atom is -0.397 e. The molecular weight excluding hydrogens is 254 g/mol. The lowest BCUT2D eigenvalue weighted by atomic mass is 10.1. The molecule has 0 saturated carbocycles. The minimum atomic E-state index is -0.0402. The SMILES string of the molecule is CN(C)C(=O)c1ccc(N)c(NCCc2cnc[nH]2)c1. The molecular formula is C14H19N5O. The van der Waals surface area contributed by atoms with Gasteiger partial charge in [-0.25, -0.2) is 4.98 Å². The number of nitrogens with one attached hydrogen (secondary N) is 2. The molecule has 4 N–H and O–H groups in total. The summed E-state index contributed by atoms with van der Waals surface area (Å²) in [6.45, 7) is 0.714. The molecule has 6 nitrogen and oxygen atoms in total. The fourth-order valence-corrected chi connectivity index (χ4v) is 1.85. The van der Waals surface area contributed by atoms with Crippen LogP contribution in [-0.4, -0.2) is 41.4 Å². The first kappa shape index (κ1) is 13.9. The Bertz CT molecular complexity index is 577. The number of amides is 1. The molecule has 1 heterocycles. The van der Waals surface area contributed by atoms with Gasteiger partial charge in [-0.3, -0.25) is 4.79 Å². The maximum absolute atomic E-state index is 11.9. The highest BCUT2D eigenvalue weighted by Gasteiger charge is 2.10. The number of aromatic nitrogens is 2. The van der Waals surface area contributed by atoms with Crippen molar-refractivity contribution < 1.29 is 4.79 Å². The number of hydrogen-bond donors (Lipinski definition) is 3. The van der Waals surface area contributed by atoms with Crippen molar-refractivity contribution in [3.8, 4) is 0 Å². The Kier molecular flexibility index (Phi) is 4.24. The number of rotatable bonds is 5. The van der Waals surface area contributed by atoms with E-state index in [0.717, 1.165) is 17.8 Å². The molecule has 106 valence electrons. The summed E-state index contributed by atoms with van der Waals surface area (Å²) in [5.41, 5.74) is 8.99. The third-order valence-corrected chi connectivity index (χ3v) is 2.97. The van der Waals surface area contributed by atoms with E-state index in [1.807, 2.05) is 0 Å². The second kappa shape index (κ2) is 6.10. The predicted octanol–water partition coefficient (Wildman–Crippen LogP) is 1.35. The average Bonchev–Trinajstić information content (AvgIpc) is 2.93. The van der Waals surface area contributed by atoms with Gasteiger partial charge in [0.05, 0.1) is 17.7 Å². The van der Waals surface area contributed by atoms with Crippen LogP contribution < -0.4 is 11.1 Å². The van der Waals surface area contributed by atoms with Gasteiger partial charge in [0.1, 0.15) is 0 Å². The van der Waals surface area contributed by atoms with Gasteiger partial charge in [-0.05, 0) is 18.2 Å². The maximum atomic E-state index is 11.9. The second-order valence-corrected chi connectivity index (χ2v) is 4.76. The molecule has 0 unspecified atom stereocenters. The minimum absolute atomic E-state index is 0.0402. The Morgan fingerprint density at radius 2 is 2.25 bits per heavy atom. The van der Waals surface area contributed by atoms with E-state index in [1.165, 1.54) is 0 Å². The molecule has 2 aromatic rings. The van der Waals surface area contributed by atoms with Gasteiger partial charge in [0, 0.05) is 44.5 Å². The van der Waals surface area contributed by atoms with E-state index in [0.29, 0.717) is 17.8 Å². The molecule has 0 fully saturated rings. The molecule has 6 heteroatoms. The zero-order valence-electron chi connectivity index (χ0n) is 11.7. The number of hydrogen-bond acceptors (Lipinski definition) is 4. The summed E-state index contributed by atoms with van der Waals surface area (Å²) in [7, 11) is 3.45. The van der Waals surface area contributed by atoms with Crippen molar-refractivity contribution >= 4 is 17.3 Å². The second-order valence-electron chi connectivity index (χ2n) is 4.76. The number of carbonyl (C=O) groups excluding carboxylic acids is 1. The van der Waals surface area contributed by atoms with E-state index in [4.69, 9.17) is 5.73 Å². The van der Waals surface area contributed by atoms with Crippen LogP contribution >= 0.6 is 0 Å². The van der Waals surface area contributed by atoms with Crippen molar-refractivity contribution in [3.05, 3.63) is 42.0 Å². The van der Waals surface area contributed by atoms with Crippen molar-refractivity contribution in [2.24, 2.45) is 0 Å². The van der Waals surface area contributed by atoms with Crippen molar-refractivity contribution in [1.82, 2.24) is 14.9 Å². The molecule has 0 aliphatic rings. The number of nitrogen functional groups attached to an aromatic ring is 1. The molecule has 0 aliphatic carbocycles. The predicted molar refractivity (Wildman–Crippen MR) is 79.7 cm³/mol. The first-order valence-electron chi connectivity index (χ1n) is 6.40. The van der Waals surface area contributed by atoms with Gasteiger partial charge in [0.25, 0.3) is 5.91 Å². The monoisotopic (exact) mass is 273 g/mol. The van der Waals surface area contributed by atoms with Gasteiger partial charge in [-0.2, -0.15) is 0 Å². The van der Waals surface area contributed by atoms with Crippen LogP contribution in [0.3, 0.4) is 0 Å². The lowest BCUT2D eigenvalue weighted by molar-refractivity contribution is 0.0827. The van der Waals surface area contributed by atoms with Crippen molar-refractivity contribution in [2.45, 2.75) is 6.42 Å². The Balaban J connectivity index is 2.03. The highest BCUT2D eigenvalue weighted by Crippen LogP contribution is 2.20. The number of imidazole rings is 1. The van der Waals surface area contributed by atoms with Crippen LogP contribution in [0.5, 0.6) is 0 Å². The smallest absolute Gasteiger partial charge is 0.253 e. The van der Waals surface area contributed by atoms with Crippen molar-refractivity contribution in [3.63, 3.8) is 0 Å². The Morgan fingerprint density at radius 1 is 1.45 bits per heavy atom. The summed E-state index contributed by atoms with van der Waals surface area (Å²) in [4.78, 5) is 20.5. The van der Waals surface area contributed by atoms with Crippen LogP contribution in [0.1, 0.15) is 16.1 Å². The fourth-order valence-electron chi connectivity index (χ4n) is 1.85. The topological polar surface area (TPSA) is 87.0 Å². The molecule has 1 amide bonds. The summed E-state index contributed by atoms with van der Waals surface area (Å²) in [6, 6.07) is 5.26. The van der Waals surface area contributed by atoms with E-state index in [1.54, 1.807) is 49.7 Å². The molecule has 1 aromatic carbocycles. The number of carbonyl (C=O) groups is 1. The van der Waals surface area contributed by atoms with E-state index in [9.17, 15) is 4.79 Å². The van der Waals surface area contributed by atoms with Gasteiger partial charge in [0.2, 0.25) is 0 Å². The Hall–Kier alpha value is -2.50. The van der Waals surface area contributed by atoms with E-state index in [2.05, 4.69) is 15.3 Å². The Morgan fingerprint density at radius 3 is 2.90 bits per heavy atom. The highest BCUT2D eigenvalue weighted by molar-refractivity contribution is 5.95. The number of aromatic amines is 1. The van der Waals surface area contributed by atoms with E-state index >= 15 is 0 Å². The fraction of sp³-hybridized carbons (Fsp3) is 0.286. The molecule has 0 spiro atoms. The van der Waals surface area contributed by atoms with Gasteiger partial charge >= 0.3 is 0 Å². The van der Waals surface area contributed by atoms with Crippen LogP contribution in [0.2, 0.25) is 0 Å². The third-order valence-electron chi connectivity index (χ3n) is 2.97. The normalized spacial score (nSPS) is 10.3. The third kappa shape index (κ3) is 3.28. The molecule has 2 rings (SSSR count). The van der Waals surface area contributed by atoms with Gasteiger partial charge < -0.3 is 20.9 Å². The summed E-state index contributed by atoms with van der Waals surface area (Å²) in [6.07, 6.45) is 4.25. The van der Waals surface area contributed by atoms with Crippen molar-refractivity contribution in [1.29, 1.82) is 0 Å². The zero-order chi connectivity index (χ0) is 14.5. The van der Waals surface area contributed by atoms with Crippen LogP contribution in [0, 0.1) is 0 Å². The zero-order valence-corrected chi connectivity index (χ0v) is 11.7. The summed E-state index contributed by atoms with van der Waals surface area (Å²) < 4.78 is 0. The average molecular weight is 273 g/mol. The van der Waals surface area contributed by atoms with Gasteiger partial charge in [-0.15, -0.1) is 0 Å². The van der Waals surface area contributed by atoms with E-state index < -0.39 is 0 Å². The summed E-state index contributed by atoms with van der Waals surface area (Å²) in [5, 5.41) is 3.24. The first-order valence-corrected chi connectivity index (χ1v) is 6.40. The van der Waals surface area contributed by atoms with E-state index in [-0.39, 0.29) is 5.91 Å². The molecule has 0 bridgehead atoms. The van der Waals surface area contributed by atoms with Gasteiger partial charge in [-0.1, -0.05) is 0 Å². The number of anilines is 2. The maximum Gasteiger partial charge on any atom is 0.253 e. The van der Waals surface area contributed by atoms with Crippen LogP contribution in [0.15, 0.2) is 30.7 Å². The van der Waals surface area contributed by atoms with Crippen LogP contribution in [-0.2, 0) is 6.42 Å². The Labute approximate surface area is 118 Å². The molecule has 1 aromatic heterocycles. The standard InChI is InChI=1S/C14H19N5O/c1-19(2)14(20)10-3-4-12(15)13(7-10)17-6-5-11-8-16-9-18-11/h3-4,7-9,17H,5-6,15H2,1-2H3,(H,16,18). The van der Waals surface area contributed by atoms with Crippen LogP contribution in [0.25, 0.3) is 0 Å². The van der Waals surface area contributed by atoms with Gasteiger partial charge in [0.15, 0.2) is 0 Å². The molecule has 0 atom stereocenters. The van der Waals surface area contributed by atoms with Crippen molar-refractivity contribution in [2.75, 3.05) is 31.7 Å². The molecule has 0 saturated heterocycles. The molecule has 0 aliphatic heterocycles. The molecule has 0 radical (unpaired) electrons. The first-order chi connectivity index (χ1) is 9.58. The summed E-state index contributed by atoms with van der Waals surface area (Å²) in [5.74, 6) is -0.0402. The lowest BCUT2D eigenvalue weighted by Crippen LogP contribution is -2.22. The largest absolute Gasteiger partial charge is 0.397 e. The quantitative estimate of drug-likeness (QED) is 0.718. The molecule has 20 heavy (non-hydrogen) atoms.